The fraction of sp³-hybridized carbons (Fsp3) is 0.725. The van der Waals surface area contributed by atoms with Crippen molar-refractivity contribution in [3.63, 3.8) is 0 Å². The Morgan fingerprint density at radius 2 is 1.53 bits per heavy atom. The van der Waals surface area contributed by atoms with Gasteiger partial charge in [0.05, 0.1) is 42.7 Å². The van der Waals surface area contributed by atoms with Crippen molar-refractivity contribution in [1.82, 2.24) is 25.8 Å². The number of rotatable bonds is 21. The predicted molar refractivity (Wildman–Crippen MR) is 203 cm³/mol. The maximum atomic E-state index is 14.4. The van der Waals surface area contributed by atoms with E-state index in [0.29, 0.717) is 12.3 Å². The van der Waals surface area contributed by atoms with Gasteiger partial charge in [0.2, 0.25) is 23.6 Å². The van der Waals surface area contributed by atoms with Crippen molar-refractivity contribution in [3.05, 3.63) is 35.9 Å². The zero-order valence-electron chi connectivity index (χ0n) is 33.6. The molecule has 1 heterocycles. The molecule has 11 atom stereocenters. The van der Waals surface area contributed by atoms with Crippen LogP contribution < -0.4 is 16.0 Å². The Morgan fingerprint density at radius 1 is 0.906 bits per heavy atom. The number of carbonyl (C=O) groups excluding carboxylic acids is 4. The number of benzene rings is 1. The Hall–Kier alpha value is -3.55. The third kappa shape index (κ3) is 10.8. The molecule has 1 aliphatic heterocycles. The Labute approximate surface area is 316 Å². The largest absolute Gasteiger partial charge is 0.480 e. The van der Waals surface area contributed by atoms with Gasteiger partial charge in [0, 0.05) is 33.7 Å². The minimum absolute atomic E-state index is 0.00586. The molecule has 1 unspecified atom stereocenters. The number of methoxy groups -OCH3 is 2. The average molecular weight is 744 g/mol. The number of aliphatic carboxylic acids is 1. The topological polar surface area (TPSA) is 167 Å². The zero-order chi connectivity index (χ0) is 39.7. The van der Waals surface area contributed by atoms with E-state index in [9.17, 15) is 29.1 Å². The summed E-state index contributed by atoms with van der Waals surface area (Å²) in [6, 6.07) is 5.92. The SMILES string of the molecule is CC[C@H](C)[C@@H]([C@@H](CC(=O)N1[C@H]2C[C@H]2C[C@H]1[C@H](OC)[C@@H](C)C(=O)NC(Cc1ccccc1)C(=O)O)OC)N(C)C(=O)[C@@H](NC(=O)[C@@H](NC)C(C)C)C(C)C. The van der Waals surface area contributed by atoms with E-state index in [-0.39, 0.29) is 54.4 Å². The zero-order valence-corrected chi connectivity index (χ0v) is 33.6. The molecule has 0 radical (unpaired) electrons. The van der Waals surface area contributed by atoms with Gasteiger partial charge in [-0.25, -0.2) is 4.79 Å². The van der Waals surface area contributed by atoms with Crippen LogP contribution in [0.15, 0.2) is 30.3 Å². The molecule has 0 spiro atoms. The molecule has 4 N–H and O–H groups in total. The highest BCUT2D eigenvalue weighted by molar-refractivity contribution is 5.90. The molecule has 2 aliphatic rings. The van der Waals surface area contributed by atoms with Crippen molar-refractivity contribution in [2.24, 2.45) is 29.6 Å². The third-order valence-electron chi connectivity index (χ3n) is 11.5. The number of fused-ring (bicyclic) bond motifs is 1. The number of ether oxygens (including phenoxy) is 2. The van der Waals surface area contributed by atoms with Crippen LogP contribution in [0, 0.1) is 29.6 Å². The molecule has 298 valence electrons. The third-order valence-corrected chi connectivity index (χ3v) is 11.5. The number of carboxylic acid groups (broad SMARTS) is 1. The minimum Gasteiger partial charge on any atom is -0.480 e. The molecular formula is C40H65N5O8. The van der Waals surface area contributed by atoms with Crippen LogP contribution in [0.5, 0.6) is 0 Å². The first-order chi connectivity index (χ1) is 25.0. The molecule has 1 saturated heterocycles. The fourth-order valence-corrected chi connectivity index (χ4v) is 8.10. The van der Waals surface area contributed by atoms with Gasteiger partial charge in [0.25, 0.3) is 0 Å². The minimum atomic E-state index is -1.13. The summed E-state index contributed by atoms with van der Waals surface area (Å²) in [6.45, 7) is 13.4. The first-order valence-corrected chi connectivity index (χ1v) is 19.2. The Bertz CT molecular complexity index is 1390. The highest BCUT2D eigenvalue weighted by atomic mass is 16.5. The summed E-state index contributed by atoms with van der Waals surface area (Å²) in [5.74, 6) is -2.89. The van der Waals surface area contributed by atoms with Crippen molar-refractivity contribution in [2.75, 3.05) is 28.3 Å². The molecule has 1 aliphatic carbocycles. The summed E-state index contributed by atoms with van der Waals surface area (Å²) >= 11 is 0. The predicted octanol–water partition coefficient (Wildman–Crippen LogP) is 3.10. The van der Waals surface area contributed by atoms with E-state index in [1.54, 1.807) is 33.0 Å². The number of hydrogen-bond donors (Lipinski definition) is 4. The number of hydrogen-bond acceptors (Lipinski definition) is 8. The van der Waals surface area contributed by atoms with E-state index in [1.165, 1.54) is 7.11 Å². The maximum Gasteiger partial charge on any atom is 0.326 e. The highest BCUT2D eigenvalue weighted by Gasteiger charge is 2.57. The lowest BCUT2D eigenvalue weighted by molar-refractivity contribution is -0.149. The molecule has 1 aromatic carbocycles. The van der Waals surface area contributed by atoms with Crippen LogP contribution in [0.4, 0.5) is 0 Å². The van der Waals surface area contributed by atoms with Crippen molar-refractivity contribution >= 4 is 29.6 Å². The van der Waals surface area contributed by atoms with Crippen LogP contribution >= 0.6 is 0 Å². The lowest BCUT2D eigenvalue weighted by Gasteiger charge is -2.41. The lowest BCUT2D eigenvalue weighted by atomic mass is 9.89. The first-order valence-electron chi connectivity index (χ1n) is 19.2. The fourth-order valence-electron chi connectivity index (χ4n) is 8.10. The molecule has 0 bridgehead atoms. The van der Waals surface area contributed by atoms with Gasteiger partial charge in [-0.2, -0.15) is 0 Å². The Morgan fingerprint density at radius 3 is 2.04 bits per heavy atom. The molecule has 1 aromatic rings. The van der Waals surface area contributed by atoms with Gasteiger partial charge >= 0.3 is 5.97 Å². The lowest BCUT2D eigenvalue weighted by Crippen LogP contribution is -2.59. The second-order valence-corrected chi connectivity index (χ2v) is 15.8. The average Bonchev–Trinajstić information content (AvgIpc) is 3.78. The number of amides is 4. The maximum absolute atomic E-state index is 14.4. The van der Waals surface area contributed by atoms with E-state index in [1.807, 2.05) is 76.8 Å². The van der Waals surface area contributed by atoms with Crippen LogP contribution in [0.25, 0.3) is 0 Å². The smallest absolute Gasteiger partial charge is 0.326 e. The van der Waals surface area contributed by atoms with Crippen LogP contribution in [-0.4, -0.2) is 121 Å². The van der Waals surface area contributed by atoms with Gasteiger partial charge in [-0.05, 0) is 49.1 Å². The molecular weight excluding hydrogens is 678 g/mol. The van der Waals surface area contributed by atoms with E-state index in [4.69, 9.17) is 9.47 Å². The van der Waals surface area contributed by atoms with Gasteiger partial charge in [-0.3, -0.25) is 19.2 Å². The highest BCUT2D eigenvalue weighted by Crippen LogP contribution is 2.50. The molecule has 13 heteroatoms. The van der Waals surface area contributed by atoms with Crippen LogP contribution in [0.3, 0.4) is 0 Å². The standard InChI is InChI=1S/C40H65N5O8/c1-12-24(6)35(44(9)39(49)34(23(4)5)43-38(48)33(41-8)22(2)3)31(52-10)21-32(46)45-29-19-27(29)20-30(45)36(53-11)25(7)37(47)42-28(40(50)51)18-26-16-14-13-15-17-26/h13-17,22-25,27-31,33-36,41H,12,18-21H2,1-11H3,(H,42,47)(H,43,48)(H,50,51)/t24-,25+,27-,28?,29-,30-,31+,33-,34-,35-,36+/m0/s1. The number of likely N-dealkylation sites (tertiary alicyclic amines) is 1. The van der Waals surface area contributed by atoms with Gasteiger partial charge in [0.15, 0.2) is 0 Å². The van der Waals surface area contributed by atoms with E-state index in [2.05, 4.69) is 16.0 Å². The second kappa shape index (κ2) is 19.7. The van der Waals surface area contributed by atoms with Crippen molar-refractivity contribution in [1.29, 1.82) is 0 Å². The Balaban J connectivity index is 1.80. The quantitative estimate of drug-likeness (QED) is 0.148. The number of likely N-dealkylation sites (N-methyl/N-ethyl adjacent to an activating group) is 2. The summed E-state index contributed by atoms with van der Waals surface area (Å²) < 4.78 is 12.0. The molecule has 2 fully saturated rings. The number of carboxylic acids is 1. The van der Waals surface area contributed by atoms with Crippen LogP contribution in [0.1, 0.15) is 79.7 Å². The number of carbonyl (C=O) groups is 5. The van der Waals surface area contributed by atoms with Crippen molar-refractivity contribution in [3.8, 4) is 0 Å². The molecule has 3 rings (SSSR count). The number of nitrogens with one attached hydrogen (secondary N) is 3. The summed E-state index contributed by atoms with van der Waals surface area (Å²) in [6.07, 6.45) is 1.08. The first kappa shape index (κ1) is 43.9. The van der Waals surface area contributed by atoms with Gasteiger partial charge in [-0.1, -0.05) is 85.2 Å². The van der Waals surface area contributed by atoms with E-state index < -0.39 is 60.2 Å². The summed E-state index contributed by atoms with van der Waals surface area (Å²) in [5.41, 5.74) is 0.789. The van der Waals surface area contributed by atoms with Crippen molar-refractivity contribution in [2.45, 2.75) is 129 Å². The number of nitrogens with zero attached hydrogens (tertiary/aromatic N) is 2. The number of piperidine rings is 1. The second-order valence-electron chi connectivity index (χ2n) is 15.8. The van der Waals surface area contributed by atoms with E-state index >= 15 is 0 Å². The molecule has 1 saturated carbocycles. The van der Waals surface area contributed by atoms with Crippen LogP contribution in [-0.2, 0) is 39.9 Å². The molecule has 53 heavy (non-hydrogen) atoms. The van der Waals surface area contributed by atoms with Crippen LogP contribution in [0.2, 0.25) is 0 Å². The Kier molecular flexibility index (Phi) is 16.3. The van der Waals surface area contributed by atoms with Gasteiger partial charge < -0.3 is 40.3 Å². The van der Waals surface area contributed by atoms with Crippen molar-refractivity contribution < 1.29 is 38.6 Å². The normalized spacial score (nSPS) is 22.5. The summed E-state index contributed by atoms with van der Waals surface area (Å²) in [4.78, 5) is 70.9. The molecule has 13 nitrogen and oxygen atoms in total. The monoisotopic (exact) mass is 743 g/mol. The summed E-state index contributed by atoms with van der Waals surface area (Å²) in [7, 11) is 6.51. The van der Waals surface area contributed by atoms with E-state index in [0.717, 1.165) is 18.4 Å². The van der Waals surface area contributed by atoms with Gasteiger partial charge in [-0.15, -0.1) is 0 Å². The molecule has 0 aromatic heterocycles. The summed E-state index contributed by atoms with van der Waals surface area (Å²) in [5, 5.41) is 18.6. The molecule has 4 amide bonds. The van der Waals surface area contributed by atoms with Gasteiger partial charge in [0.1, 0.15) is 12.1 Å².